The van der Waals surface area contributed by atoms with Crippen LogP contribution in [0.2, 0.25) is 0 Å². The van der Waals surface area contributed by atoms with Crippen molar-refractivity contribution < 1.29 is 0 Å². The molecule has 0 aromatic carbocycles. The van der Waals surface area contributed by atoms with Crippen molar-refractivity contribution in [2.45, 2.75) is 6.92 Å². The lowest BCUT2D eigenvalue weighted by atomic mass is 10.3. The fraction of sp³-hybridized carbons (Fsp3) is 0.167. The van der Waals surface area contributed by atoms with Crippen molar-refractivity contribution in [3.8, 4) is 0 Å². The molecule has 1 aromatic rings. The van der Waals surface area contributed by atoms with Crippen LogP contribution in [0.5, 0.6) is 0 Å². The second kappa shape index (κ2) is 2.80. The lowest BCUT2D eigenvalue weighted by Gasteiger charge is -1.96. The molecular formula is C6H5Br2N. The molecule has 0 unspecified atom stereocenters. The standard InChI is InChI=1S/C6H5Br2N/c1-4-5(7)2-3-9-6(4)8/h2-3H,1H3. The van der Waals surface area contributed by atoms with Crippen LogP contribution in [0.4, 0.5) is 0 Å². The summed E-state index contributed by atoms with van der Waals surface area (Å²) in [4.78, 5) is 4.03. The molecule has 48 valence electrons. The van der Waals surface area contributed by atoms with Gasteiger partial charge in [0.25, 0.3) is 0 Å². The number of hydrogen-bond acceptors (Lipinski definition) is 1. The minimum Gasteiger partial charge on any atom is -0.249 e. The Hall–Kier alpha value is 0.110. The van der Waals surface area contributed by atoms with Crippen LogP contribution < -0.4 is 0 Å². The zero-order valence-electron chi connectivity index (χ0n) is 4.86. The van der Waals surface area contributed by atoms with Crippen molar-refractivity contribution in [1.29, 1.82) is 0 Å². The number of halogens is 2. The molecule has 0 aliphatic rings. The monoisotopic (exact) mass is 249 g/mol. The van der Waals surface area contributed by atoms with E-state index in [9.17, 15) is 0 Å². The first-order valence-corrected chi connectivity index (χ1v) is 4.07. The van der Waals surface area contributed by atoms with Gasteiger partial charge < -0.3 is 0 Å². The first-order chi connectivity index (χ1) is 4.22. The Morgan fingerprint density at radius 1 is 1.44 bits per heavy atom. The zero-order valence-corrected chi connectivity index (χ0v) is 8.03. The molecule has 0 radical (unpaired) electrons. The van der Waals surface area contributed by atoms with E-state index in [4.69, 9.17) is 0 Å². The molecule has 1 heterocycles. The maximum absolute atomic E-state index is 4.03. The Labute approximate surface area is 70.8 Å². The Morgan fingerprint density at radius 3 is 2.56 bits per heavy atom. The first kappa shape index (κ1) is 7.22. The van der Waals surface area contributed by atoms with Crippen LogP contribution in [-0.2, 0) is 0 Å². The smallest absolute Gasteiger partial charge is 0.110 e. The van der Waals surface area contributed by atoms with Crippen LogP contribution in [0.3, 0.4) is 0 Å². The van der Waals surface area contributed by atoms with Gasteiger partial charge in [0.2, 0.25) is 0 Å². The fourth-order valence-electron chi connectivity index (χ4n) is 0.489. The van der Waals surface area contributed by atoms with Crippen LogP contribution in [0.25, 0.3) is 0 Å². The van der Waals surface area contributed by atoms with Gasteiger partial charge in [0.05, 0.1) is 0 Å². The highest BCUT2D eigenvalue weighted by Gasteiger charge is 1.96. The van der Waals surface area contributed by atoms with Crippen molar-refractivity contribution in [2.75, 3.05) is 0 Å². The number of rotatable bonds is 0. The molecule has 0 N–H and O–H groups in total. The summed E-state index contributed by atoms with van der Waals surface area (Å²) >= 11 is 6.68. The van der Waals surface area contributed by atoms with E-state index >= 15 is 0 Å². The van der Waals surface area contributed by atoms with E-state index in [-0.39, 0.29) is 0 Å². The van der Waals surface area contributed by atoms with E-state index in [1.807, 2.05) is 13.0 Å². The van der Waals surface area contributed by atoms with Crippen LogP contribution in [0, 0.1) is 6.92 Å². The summed E-state index contributed by atoms with van der Waals surface area (Å²) in [6.45, 7) is 2.00. The zero-order chi connectivity index (χ0) is 6.85. The van der Waals surface area contributed by atoms with Crippen molar-refractivity contribution >= 4 is 31.9 Å². The molecule has 9 heavy (non-hydrogen) atoms. The van der Waals surface area contributed by atoms with E-state index in [2.05, 4.69) is 36.8 Å². The number of nitrogens with zero attached hydrogens (tertiary/aromatic N) is 1. The molecule has 0 saturated carbocycles. The molecular weight excluding hydrogens is 246 g/mol. The quantitative estimate of drug-likeness (QED) is 0.646. The van der Waals surface area contributed by atoms with Gasteiger partial charge in [-0.2, -0.15) is 0 Å². The second-order valence-corrected chi connectivity index (χ2v) is 3.31. The van der Waals surface area contributed by atoms with E-state index in [0.29, 0.717) is 0 Å². The van der Waals surface area contributed by atoms with Gasteiger partial charge in [-0.1, -0.05) is 15.9 Å². The summed E-state index contributed by atoms with van der Waals surface area (Å²) in [5, 5.41) is 0. The van der Waals surface area contributed by atoms with E-state index < -0.39 is 0 Å². The van der Waals surface area contributed by atoms with Gasteiger partial charge in [0.15, 0.2) is 0 Å². The molecule has 1 aromatic heterocycles. The maximum Gasteiger partial charge on any atom is 0.110 e. The summed E-state index contributed by atoms with van der Waals surface area (Å²) in [6.07, 6.45) is 1.75. The van der Waals surface area contributed by atoms with Crippen LogP contribution in [0.15, 0.2) is 21.3 Å². The van der Waals surface area contributed by atoms with Crippen molar-refractivity contribution in [3.63, 3.8) is 0 Å². The van der Waals surface area contributed by atoms with Gasteiger partial charge in [0.1, 0.15) is 4.60 Å². The maximum atomic E-state index is 4.03. The van der Waals surface area contributed by atoms with Gasteiger partial charge in [-0.25, -0.2) is 4.98 Å². The fourth-order valence-corrected chi connectivity index (χ4v) is 1.39. The first-order valence-electron chi connectivity index (χ1n) is 2.48. The molecule has 0 bridgehead atoms. The molecule has 0 atom stereocenters. The Bertz CT molecular complexity index is 202. The molecule has 0 spiro atoms. The van der Waals surface area contributed by atoms with Crippen molar-refractivity contribution in [1.82, 2.24) is 4.98 Å². The highest BCUT2D eigenvalue weighted by atomic mass is 79.9. The number of pyridine rings is 1. The molecule has 1 rings (SSSR count). The third-order valence-electron chi connectivity index (χ3n) is 1.08. The lowest BCUT2D eigenvalue weighted by molar-refractivity contribution is 1.20. The summed E-state index contributed by atoms with van der Waals surface area (Å²) in [6, 6.07) is 1.92. The molecule has 0 fully saturated rings. The molecule has 3 heteroatoms. The summed E-state index contributed by atoms with van der Waals surface area (Å²) in [5.74, 6) is 0. The van der Waals surface area contributed by atoms with Gasteiger partial charge in [-0.15, -0.1) is 0 Å². The van der Waals surface area contributed by atoms with Crippen LogP contribution in [-0.4, -0.2) is 4.98 Å². The van der Waals surface area contributed by atoms with Gasteiger partial charge in [-0.3, -0.25) is 0 Å². The average Bonchev–Trinajstić information content (AvgIpc) is 1.83. The largest absolute Gasteiger partial charge is 0.249 e. The third-order valence-corrected chi connectivity index (χ3v) is 2.74. The Morgan fingerprint density at radius 2 is 2.11 bits per heavy atom. The average molecular weight is 251 g/mol. The van der Waals surface area contributed by atoms with Crippen LogP contribution >= 0.6 is 31.9 Å². The van der Waals surface area contributed by atoms with Gasteiger partial charge in [0, 0.05) is 10.7 Å². The predicted molar refractivity (Wildman–Crippen MR) is 44.4 cm³/mol. The third kappa shape index (κ3) is 1.52. The minimum atomic E-state index is 0.900. The van der Waals surface area contributed by atoms with Crippen molar-refractivity contribution in [2.24, 2.45) is 0 Å². The van der Waals surface area contributed by atoms with E-state index in [0.717, 1.165) is 14.6 Å². The molecule has 0 saturated heterocycles. The summed E-state index contributed by atoms with van der Waals surface area (Å²) < 4.78 is 1.99. The molecule has 0 aliphatic heterocycles. The van der Waals surface area contributed by atoms with Crippen LogP contribution in [0.1, 0.15) is 5.56 Å². The van der Waals surface area contributed by atoms with Gasteiger partial charge in [-0.05, 0) is 34.5 Å². The summed E-state index contributed by atoms with van der Waals surface area (Å²) in [5.41, 5.74) is 1.14. The topological polar surface area (TPSA) is 12.9 Å². The minimum absolute atomic E-state index is 0.900. The molecule has 1 nitrogen and oxygen atoms in total. The Kier molecular flexibility index (Phi) is 2.24. The number of aromatic nitrogens is 1. The second-order valence-electron chi connectivity index (χ2n) is 1.71. The molecule has 0 amide bonds. The predicted octanol–water partition coefficient (Wildman–Crippen LogP) is 2.92. The van der Waals surface area contributed by atoms with Gasteiger partial charge >= 0.3 is 0 Å². The SMILES string of the molecule is Cc1c(Br)ccnc1Br. The number of hydrogen-bond donors (Lipinski definition) is 0. The van der Waals surface area contributed by atoms with Crippen molar-refractivity contribution in [3.05, 3.63) is 26.9 Å². The highest BCUT2D eigenvalue weighted by Crippen LogP contribution is 2.20. The lowest BCUT2D eigenvalue weighted by Crippen LogP contribution is -1.80. The Balaban J connectivity index is 3.25. The summed E-state index contributed by atoms with van der Waals surface area (Å²) in [7, 11) is 0. The van der Waals surface area contributed by atoms with E-state index in [1.54, 1.807) is 6.20 Å². The normalized spacial score (nSPS) is 9.67. The van der Waals surface area contributed by atoms with E-state index in [1.165, 1.54) is 0 Å². The molecule has 0 aliphatic carbocycles. The highest BCUT2D eigenvalue weighted by molar-refractivity contribution is 9.11.